The molecule has 0 atom stereocenters. The molecule has 0 aliphatic carbocycles. The van der Waals surface area contributed by atoms with Gasteiger partial charge < -0.3 is 10.1 Å². The van der Waals surface area contributed by atoms with Crippen molar-refractivity contribution in [2.24, 2.45) is 0 Å². The van der Waals surface area contributed by atoms with E-state index in [0.29, 0.717) is 11.3 Å². The van der Waals surface area contributed by atoms with Gasteiger partial charge in [-0.25, -0.2) is 4.39 Å². The number of hydrogen-bond donors (Lipinski definition) is 1. The van der Waals surface area contributed by atoms with Crippen LogP contribution < -0.4 is 10.1 Å². The van der Waals surface area contributed by atoms with Gasteiger partial charge in [0.05, 0.1) is 18.7 Å². The molecule has 0 aliphatic heterocycles. The van der Waals surface area contributed by atoms with Crippen molar-refractivity contribution >= 4 is 11.6 Å². The third-order valence-corrected chi connectivity index (χ3v) is 2.69. The van der Waals surface area contributed by atoms with Crippen LogP contribution in [0.5, 0.6) is 5.75 Å². The molecule has 2 aromatic rings. The molecule has 20 heavy (non-hydrogen) atoms. The minimum atomic E-state index is -0.526. The van der Waals surface area contributed by atoms with Crippen LogP contribution in [-0.4, -0.2) is 13.0 Å². The lowest BCUT2D eigenvalue weighted by molar-refractivity contribution is 0.102. The average Bonchev–Trinajstić information content (AvgIpc) is 2.48. The molecule has 100 valence electrons. The smallest absolute Gasteiger partial charge is 0.255 e. The van der Waals surface area contributed by atoms with Crippen LogP contribution in [0.1, 0.15) is 15.9 Å². The van der Waals surface area contributed by atoms with Crippen molar-refractivity contribution in [2.45, 2.75) is 0 Å². The molecule has 0 saturated heterocycles. The highest BCUT2D eigenvalue weighted by Crippen LogP contribution is 2.19. The predicted molar refractivity (Wildman–Crippen MR) is 72.1 cm³/mol. The number of benzene rings is 2. The number of amides is 1. The van der Waals surface area contributed by atoms with Gasteiger partial charge in [-0.3, -0.25) is 4.79 Å². The van der Waals surface area contributed by atoms with Crippen molar-refractivity contribution < 1.29 is 13.9 Å². The molecule has 2 rings (SSSR count). The number of hydrogen-bond acceptors (Lipinski definition) is 3. The summed E-state index contributed by atoms with van der Waals surface area (Å²) in [6.45, 7) is 0. The molecule has 2 aromatic carbocycles. The Kier molecular flexibility index (Phi) is 3.96. The van der Waals surface area contributed by atoms with E-state index >= 15 is 0 Å². The number of rotatable bonds is 3. The highest BCUT2D eigenvalue weighted by atomic mass is 19.1. The molecule has 0 bridgehead atoms. The fourth-order valence-corrected chi connectivity index (χ4v) is 1.63. The van der Waals surface area contributed by atoms with E-state index in [1.165, 1.54) is 25.3 Å². The molecule has 1 N–H and O–H groups in total. The van der Waals surface area contributed by atoms with E-state index < -0.39 is 5.82 Å². The van der Waals surface area contributed by atoms with Gasteiger partial charge in [-0.2, -0.15) is 5.26 Å². The molecule has 0 unspecified atom stereocenters. The summed E-state index contributed by atoms with van der Waals surface area (Å²) in [6.07, 6.45) is 0. The number of nitriles is 1. The van der Waals surface area contributed by atoms with Crippen LogP contribution in [-0.2, 0) is 0 Å². The fourth-order valence-electron chi connectivity index (χ4n) is 1.63. The van der Waals surface area contributed by atoms with Gasteiger partial charge in [0.15, 0.2) is 11.6 Å². The minimum absolute atomic E-state index is 0.0116. The molecule has 4 nitrogen and oxygen atoms in total. The Labute approximate surface area is 115 Å². The summed E-state index contributed by atoms with van der Waals surface area (Å²) in [5, 5.41) is 11.3. The van der Waals surface area contributed by atoms with Crippen molar-refractivity contribution in [3.63, 3.8) is 0 Å². The van der Waals surface area contributed by atoms with Crippen LogP contribution in [0.15, 0.2) is 42.5 Å². The minimum Gasteiger partial charge on any atom is -0.494 e. The zero-order valence-corrected chi connectivity index (χ0v) is 10.7. The molecule has 5 heteroatoms. The zero-order chi connectivity index (χ0) is 14.5. The number of halogens is 1. The number of anilines is 1. The Hall–Kier alpha value is -2.87. The first-order valence-electron chi connectivity index (χ1n) is 5.79. The van der Waals surface area contributed by atoms with Crippen LogP contribution >= 0.6 is 0 Å². The second-order valence-corrected chi connectivity index (χ2v) is 3.99. The highest BCUT2D eigenvalue weighted by Gasteiger charge is 2.10. The van der Waals surface area contributed by atoms with Crippen molar-refractivity contribution in [1.29, 1.82) is 5.26 Å². The maximum absolute atomic E-state index is 13.3. The van der Waals surface area contributed by atoms with Gasteiger partial charge in [-0.1, -0.05) is 0 Å². The lowest BCUT2D eigenvalue weighted by Gasteiger charge is -2.07. The van der Waals surface area contributed by atoms with Gasteiger partial charge in [-0.05, 0) is 42.5 Å². The summed E-state index contributed by atoms with van der Waals surface area (Å²) in [5.74, 6) is -0.895. The van der Waals surface area contributed by atoms with Gasteiger partial charge >= 0.3 is 0 Å². The molecule has 0 fully saturated rings. The molecule has 0 saturated carbocycles. The van der Waals surface area contributed by atoms with Gasteiger partial charge in [0.1, 0.15) is 0 Å². The summed E-state index contributed by atoms with van der Waals surface area (Å²) < 4.78 is 18.1. The molecule has 0 spiro atoms. The van der Waals surface area contributed by atoms with Crippen molar-refractivity contribution in [3.8, 4) is 11.8 Å². The second kappa shape index (κ2) is 5.85. The van der Waals surface area contributed by atoms with Crippen molar-refractivity contribution in [1.82, 2.24) is 0 Å². The van der Waals surface area contributed by atoms with Crippen molar-refractivity contribution in [2.75, 3.05) is 12.4 Å². The fraction of sp³-hybridized carbons (Fsp3) is 0.0667. The first-order valence-corrected chi connectivity index (χ1v) is 5.79. The Morgan fingerprint density at radius 1 is 1.25 bits per heavy atom. The van der Waals surface area contributed by atoms with Gasteiger partial charge in [0.25, 0.3) is 5.91 Å². The monoisotopic (exact) mass is 270 g/mol. The number of carbonyl (C=O) groups is 1. The van der Waals surface area contributed by atoms with E-state index in [-0.39, 0.29) is 17.2 Å². The third-order valence-electron chi connectivity index (χ3n) is 2.69. The van der Waals surface area contributed by atoms with Crippen LogP contribution in [0.2, 0.25) is 0 Å². The quantitative estimate of drug-likeness (QED) is 0.932. The largest absolute Gasteiger partial charge is 0.494 e. The maximum Gasteiger partial charge on any atom is 0.255 e. The van der Waals surface area contributed by atoms with Crippen LogP contribution in [0, 0.1) is 17.1 Å². The Bertz CT molecular complexity index is 675. The van der Waals surface area contributed by atoms with E-state index in [9.17, 15) is 9.18 Å². The predicted octanol–water partition coefficient (Wildman–Crippen LogP) is 2.96. The van der Waals surface area contributed by atoms with E-state index in [4.69, 9.17) is 10.00 Å². The summed E-state index contributed by atoms with van der Waals surface area (Å²) in [7, 11) is 1.33. The molecule has 0 aliphatic rings. The number of carbonyl (C=O) groups excluding carboxylic acids is 1. The maximum atomic E-state index is 13.3. The summed E-state index contributed by atoms with van der Waals surface area (Å²) in [4.78, 5) is 12.0. The summed E-state index contributed by atoms with van der Waals surface area (Å²) >= 11 is 0. The van der Waals surface area contributed by atoms with E-state index in [0.717, 1.165) is 0 Å². The van der Waals surface area contributed by atoms with Gasteiger partial charge in [0, 0.05) is 11.3 Å². The number of ether oxygens (including phenoxy) is 1. The van der Waals surface area contributed by atoms with E-state index in [1.807, 2.05) is 6.07 Å². The van der Waals surface area contributed by atoms with Crippen LogP contribution in [0.3, 0.4) is 0 Å². The average molecular weight is 270 g/mol. The SMILES string of the molecule is COc1cc(C(=O)Nc2ccc(C#N)cc2)ccc1F. The first kappa shape index (κ1) is 13.6. The molecular formula is C15H11FN2O2. The van der Waals surface area contributed by atoms with Gasteiger partial charge in [0.2, 0.25) is 0 Å². The number of methoxy groups -OCH3 is 1. The molecule has 0 radical (unpaired) electrons. The van der Waals surface area contributed by atoms with E-state index in [2.05, 4.69) is 5.32 Å². The Balaban J connectivity index is 2.17. The lowest BCUT2D eigenvalue weighted by atomic mass is 10.1. The topological polar surface area (TPSA) is 62.1 Å². The van der Waals surface area contributed by atoms with E-state index in [1.54, 1.807) is 24.3 Å². The standard InChI is InChI=1S/C15H11FN2O2/c1-20-14-8-11(4-7-13(14)16)15(19)18-12-5-2-10(9-17)3-6-12/h2-8H,1H3,(H,18,19). The van der Waals surface area contributed by atoms with Gasteiger partial charge in [-0.15, -0.1) is 0 Å². The highest BCUT2D eigenvalue weighted by molar-refractivity contribution is 6.04. The third kappa shape index (κ3) is 2.93. The van der Waals surface area contributed by atoms with Crippen molar-refractivity contribution in [3.05, 3.63) is 59.4 Å². The Morgan fingerprint density at radius 2 is 1.95 bits per heavy atom. The van der Waals surface area contributed by atoms with Crippen LogP contribution in [0.25, 0.3) is 0 Å². The Morgan fingerprint density at radius 3 is 2.55 bits per heavy atom. The molecule has 1 amide bonds. The summed E-state index contributed by atoms with van der Waals surface area (Å²) in [6, 6.07) is 12.3. The molecular weight excluding hydrogens is 259 g/mol. The second-order valence-electron chi connectivity index (χ2n) is 3.99. The molecule has 0 heterocycles. The number of nitrogens with zero attached hydrogens (tertiary/aromatic N) is 1. The lowest BCUT2D eigenvalue weighted by Crippen LogP contribution is -2.12. The zero-order valence-electron chi connectivity index (χ0n) is 10.7. The molecule has 0 aromatic heterocycles. The van der Waals surface area contributed by atoms with Crippen LogP contribution in [0.4, 0.5) is 10.1 Å². The number of nitrogens with one attached hydrogen (secondary N) is 1. The summed E-state index contributed by atoms with van der Waals surface area (Å²) in [5.41, 5.74) is 1.34. The normalized spacial score (nSPS) is 9.65. The first-order chi connectivity index (χ1) is 9.63.